The average Bonchev–Trinajstić information content (AvgIpc) is 2.30. The highest BCUT2D eigenvalue weighted by atomic mass is 16.3. The first-order valence-corrected chi connectivity index (χ1v) is 6.04. The van der Waals surface area contributed by atoms with Crippen LogP contribution < -0.4 is 0 Å². The van der Waals surface area contributed by atoms with Gasteiger partial charge in [0.25, 0.3) is 0 Å². The molecule has 0 heterocycles. The molecule has 0 saturated carbocycles. The number of aromatic hydroxyl groups is 1. The van der Waals surface area contributed by atoms with Crippen molar-refractivity contribution in [3.05, 3.63) is 42.5 Å². The lowest BCUT2D eigenvalue weighted by Crippen LogP contribution is -2.17. The number of rotatable bonds is 6. The van der Waals surface area contributed by atoms with E-state index in [4.69, 9.17) is 0 Å². The number of allylic oxidation sites excluding steroid dienone is 1. The number of carbonyl (C=O) groups excluding carboxylic acids is 1. The van der Waals surface area contributed by atoms with Crippen LogP contribution in [0.15, 0.2) is 36.9 Å². The van der Waals surface area contributed by atoms with Gasteiger partial charge in [0.2, 0.25) is 0 Å². The topological polar surface area (TPSA) is 37.3 Å². The first-order valence-electron chi connectivity index (χ1n) is 6.04. The molecular formula is C15H20O2. The summed E-state index contributed by atoms with van der Waals surface area (Å²) in [6, 6.07) is 7.03. The van der Waals surface area contributed by atoms with Crippen LogP contribution in [0, 0.1) is 5.92 Å². The van der Waals surface area contributed by atoms with Crippen LogP contribution in [0.25, 0.3) is 0 Å². The zero-order chi connectivity index (χ0) is 12.8. The Bertz CT molecular complexity index is 396. The Hall–Kier alpha value is -1.57. The maximum absolute atomic E-state index is 11.9. The summed E-state index contributed by atoms with van der Waals surface area (Å²) in [5.74, 6) is 0.362. The predicted octanol–water partition coefficient (Wildman–Crippen LogP) is 3.67. The third-order valence-corrected chi connectivity index (χ3v) is 3.05. The van der Waals surface area contributed by atoms with Gasteiger partial charge in [0.15, 0.2) is 0 Å². The molecule has 92 valence electrons. The summed E-state index contributed by atoms with van der Waals surface area (Å²) in [5, 5.41) is 9.46. The maximum Gasteiger partial charge on any atom is 0.136 e. The molecule has 0 amide bonds. The maximum atomic E-state index is 11.9. The number of carbonyl (C=O) groups is 1. The first-order chi connectivity index (χ1) is 8.10. The highest BCUT2D eigenvalue weighted by molar-refractivity contribution is 5.81. The third-order valence-electron chi connectivity index (χ3n) is 3.05. The van der Waals surface area contributed by atoms with Crippen molar-refractivity contribution in [1.82, 2.24) is 0 Å². The molecule has 2 heteroatoms. The van der Waals surface area contributed by atoms with Crippen molar-refractivity contribution in [2.24, 2.45) is 5.92 Å². The molecule has 0 saturated heterocycles. The molecule has 0 bridgehead atoms. The van der Waals surface area contributed by atoms with Gasteiger partial charge < -0.3 is 5.11 Å². The van der Waals surface area contributed by atoms with E-state index in [-0.39, 0.29) is 23.4 Å². The molecule has 0 spiro atoms. The fraction of sp³-hybridized carbons (Fsp3) is 0.400. The van der Waals surface area contributed by atoms with E-state index in [1.54, 1.807) is 24.3 Å². The largest absolute Gasteiger partial charge is 0.508 e. The quantitative estimate of drug-likeness (QED) is 0.760. The molecule has 17 heavy (non-hydrogen) atoms. The van der Waals surface area contributed by atoms with Gasteiger partial charge in [-0.2, -0.15) is 0 Å². The fourth-order valence-electron chi connectivity index (χ4n) is 2.04. The number of Topliss-reactive ketones (excluding diaryl/α,β-unsaturated/α-hetero) is 1. The molecule has 1 rings (SSSR count). The van der Waals surface area contributed by atoms with E-state index in [9.17, 15) is 9.90 Å². The normalized spacial score (nSPS) is 14.0. The van der Waals surface area contributed by atoms with Crippen molar-refractivity contribution in [2.45, 2.75) is 32.6 Å². The number of phenolic OH excluding ortho intramolecular Hbond substituents is 1. The average molecular weight is 232 g/mol. The third kappa shape index (κ3) is 3.45. The van der Waals surface area contributed by atoms with Crippen molar-refractivity contribution >= 4 is 5.78 Å². The summed E-state index contributed by atoms with van der Waals surface area (Å²) >= 11 is 0. The van der Waals surface area contributed by atoms with Crippen molar-refractivity contribution in [3.63, 3.8) is 0 Å². The van der Waals surface area contributed by atoms with Crippen molar-refractivity contribution in [2.75, 3.05) is 0 Å². The second-order valence-corrected chi connectivity index (χ2v) is 4.36. The van der Waals surface area contributed by atoms with Crippen molar-refractivity contribution in [1.29, 1.82) is 0 Å². The van der Waals surface area contributed by atoms with Gasteiger partial charge in [-0.05, 0) is 24.1 Å². The van der Waals surface area contributed by atoms with Crippen molar-refractivity contribution < 1.29 is 9.90 Å². The molecule has 0 aliphatic carbocycles. The molecule has 0 aliphatic heterocycles. The molecule has 2 atom stereocenters. The Morgan fingerprint density at radius 1 is 1.53 bits per heavy atom. The summed E-state index contributed by atoms with van der Waals surface area (Å²) in [4.78, 5) is 11.9. The molecule has 2 nitrogen and oxygen atoms in total. The molecule has 1 N–H and O–H groups in total. The van der Waals surface area contributed by atoms with Gasteiger partial charge in [0, 0.05) is 18.3 Å². The van der Waals surface area contributed by atoms with Crippen LogP contribution >= 0.6 is 0 Å². The number of hydrogen-bond donors (Lipinski definition) is 1. The first kappa shape index (κ1) is 13.5. The van der Waals surface area contributed by atoms with Gasteiger partial charge in [0.1, 0.15) is 11.5 Å². The Morgan fingerprint density at radius 2 is 2.24 bits per heavy atom. The number of ketones is 1. The summed E-state index contributed by atoms with van der Waals surface area (Å²) in [6.45, 7) is 7.72. The molecule has 1 aromatic rings. The van der Waals surface area contributed by atoms with Crippen LogP contribution in [0.4, 0.5) is 0 Å². The van der Waals surface area contributed by atoms with Crippen LogP contribution in [0.3, 0.4) is 0 Å². The highest BCUT2D eigenvalue weighted by Crippen LogP contribution is 2.29. The lowest BCUT2D eigenvalue weighted by atomic mass is 9.83. The van der Waals surface area contributed by atoms with Gasteiger partial charge in [-0.3, -0.25) is 4.79 Å². The molecule has 0 aliphatic rings. The van der Waals surface area contributed by atoms with Crippen LogP contribution in [0.5, 0.6) is 5.75 Å². The zero-order valence-corrected chi connectivity index (χ0v) is 10.5. The van der Waals surface area contributed by atoms with Gasteiger partial charge in [-0.15, -0.1) is 6.58 Å². The van der Waals surface area contributed by atoms with E-state index in [0.717, 1.165) is 12.0 Å². The molecule has 0 radical (unpaired) electrons. The summed E-state index contributed by atoms with van der Waals surface area (Å²) in [6.07, 6.45) is 3.25. The molecular weight excluding hydrogens is 212 g/mol. The minimum atomic E-state index is -0.0887. The van der Waals surface area contributed by atoms with Gasteiger partial charge in [-0.25, -0.2) is 0 Å². The lowest BCUT2D eigenvalue weighted by molar-refractivity contribution is -0.122. The highest BCUT2D eigenvalue weighted by Gasteiger charge is 2.22. The van der Waals surface area contributed by atoms with E-state index in [2.05, 4.69) is 6.58 Å². The minimum absolute atomic E-state index is 0.0267. The van der Waals surface area contributed by atoms with Gasteiger partial charge in [0.05, 0.1) is 0 Å². The predicted molar refractivity (Wildman–Crippen MR) is 70.1 cm³/mol. The van der Waals surface area contributed by atoms with Crippen LogP contribution in [0.2, 0.25) is 0 Å². The lowest BCUT2D eigenvalue weighted by Gasteiger charge is -2.20. The van der Waals surface area contributed by atoms with Crippen LogP contribution in [0.1, 0.15) is 38.2 Å². The molecule has 0 fully saturated rings. The Kier molecular flexibility index (Phi) is 4.95. The zero-order valence-electron chi connectivity index (χ0n) is 10.5. The Balaban J connectivity index is 2.91. The SMILES string of the molecule is C=CC(c1cccc(O)c1)C(C)C(=O)CCC. The van der Waals surface area contributed by atoms with E-state index >= 15 is 0 Å². The van der Waals surface area contributed by atoms with E-state index < -0.39 is 0 Å². The van der Waals surface area contributed by atoms with E-state index in [1.165, 1.54) is 0 Å². The minimum Gasteiger partial charge on any atom is -0.508 e. The Morgan fingerprint density at radius 3 is 2.76 bits per heavy atom. The van der Waals surface area contributed by atoms with Crippen molar-refractivity contribution in [3.8, 4) is 5.75 Å². The monoisotopic (exact) mass is 232 g/mol. The second-order valence-electron chi connectivity index (χ2n) is 4.36. The molecule has 1 aromatic carbocycles. The summed E-state index contributed by atoms with van der Waals surface area (Å²) < 4.78 is 0. The fourth-order valence-corrected chi connectivity index (χ4v) is 2.04. The summed E-state index contributed by atoms with van der Waals surface area (Å²) in [5.41, 5.74) is 0.942. The smallest absolute Gasteiger partial charge is 0.136 e. The van der Waals surface area contributed by atoms with E-state index in [1.807, 2.05) is 19.9 Å². The van der Waals surface area contributed by atoms with Gasteiger partial charge in [-0.1, -0.05) is 32.1 Å². The summed E-state index contributed by atoms with van der Waals surface area (Å²) in [7, 11) is 0. The molecule has 2 unspecified atom stereocenters. The van der Waals surface area contributed by atoms with Gasteiger partial charge >= 0.3 is 0 Å². The second kappa shape index (κ2) is 6.24. The number of hydrogen-bond acceptors (Lipinski definition) is 2. The van der Waals surface area contributed by atoms with Crippen LogP contribution in [-0.4, -0.2) is 10.9 Å². The Labute approximate surface area is 103 Å². The van der Waals surface area contributed by atoms with Crippen LogP contribution in [-0.2, 0) is 4.79 Å². The molecule has 0 aromatic heterocycles. The standard InChI is InChI=1S/C15H20O2/c1-4-7-15(17)11(3)14(5-2)12-8-6-9-13(16)10-12/h5-6,8-11,14,16H,2,4,7H2,1,3H3. The van der Waals surface area contributed by atoms with E-state index in [0.29, 0.717) is 6.42 Å². The number of phenols is 1. The number of benzene rings is 1.